The van der Waals surface area contributed by atoms with Gasteiger partial charge in [-0.3, -0.25) is 9.59 Å². The van der Waals surface area contributed by atoms with Gasteiger partial charge in [-0.05, 0) is 42.7 Å². The van der Waals surface area contributed by atoms with Crippen molar-refractivity contribution >= 4 is 11.8 Å². The van der Waals surface area contributed by atoms with E-state index < -0.39 is 0 Å². The lowest BCUT2D eigenvalue weighted by atomic mass is 10.1. The molecule has 5 nitrogen and oxygen atoms in total. The molecular formula is C21H22N2O3. The molecular weight excluding hydrogens is 328 g/mol. The lowest BCUT2D eigenvalue weighted by molar-refractivity contribution is -0.129. The van der Waals surface area contributed by atoms with Crippen LogP contribution in [0.25, 0.3) is 0 Å². The van der Waals surface area contributed by atoms with E-state index in [2.05, 4.69) is 5.32 Å². The molecule has 2 aromatic carbocycles. The summed E-state index contributed by atoms with van der Waals surface area (Å²) in [7, 11) is 0. The van der Waals surface area contributed by atoms with Crippen molar-refractivity contribution in [2.75, 3.05) is 6.54 Å². The molecule has 0 radical (unpaired) electrons. The van der Waals surface area contributed by atoms with Crippen LogP contribution in [0.3, 0.4) is 0 Å². The fourth-order valence-electron chi connectivity index (χ4n) is 3.32. The van der Waals surface area contributed by atoms with Crippen LogP contribution in [-0.4, -0.2) is 29.3 Å². The van der Waals surface area contributed by atoms with Gasteiger partial charge in [-0.25, -0.2) is 0 Å². The van der Waals surface area contributed by atoms with E-state index in [9.17, 15) is 9.59 Å². The molecule has 1 N–H and O–H groups in total. The van der Waals surface area contributed by atoms with Crippen molar-refractivity contribution in [1.29, 1.82) is 0 Å². The Labute approximate surface area is 153 Å². The van der Waals surface area contributed by atoms with Crippen LogP contribution >= 0.6 is 0 Å². The summed E-state index contributed by atoms with van der Waals surface area (Å²) in [6.45, 7) is 0.992. The number of amides is 2. The average molecular weight is 350 g/mol. The van der Waals surface area contributed by atoms with Crippen molar-refractivity contribution in [1.82, 2.24) is 10.2 Å². The molecule has 4 rings (SSSR count). The van der Waals surface area contributed by atoms with E-state index in [1.54, 1.807) is 0 Å². The topological polar surface area (TPSA) is 58.6 Å². The van der Waals surface area contributed by atoms with Crippen LogP contribution < -0.4 is 10.1 Å². The number of rotatable bonds is 6. The van der Waals surface area contributed by atoms with Gasteiger partial charge in [0.05, 0.1) is 5.92 Å². The third kappa shape index (κ3) is 3.87. The van der Waals surface area contributed by atoms with Crippen LogP contribution in [0.5, 0.6) is 11.5 Å². The van der Waals surface area contributed by atoms with Crippen LogP contribution in [0, 0.1) is 5.92 Å². The molecule has 26 heavy (non-hydrogen) atoms. The van der Waals surface area contributed by atoms with Crippen LogP contribution in [0.1, 0.15) is 24.8 Å². The number of nitrogens with one attached hydrogen (secondary N) is 1. The van der Waals surface area contributed by atoms with E-state index in [4.69, 9.17) is 4.74 Å². The first-order chi connectivity index (χ1) is 12.7. The molecule has 2 aliphatic rings. The molecule has 2 aromatic rings. The Morgan fingerprint density at radius 1 is 1.08 bits per heavy atom. The van der Waals surface area contributed by atoms with Crippen LogP contribution in [0.2, 0.25) is 0 Å². The highest BCUT2D eigenvalue weighted by Gasteiger charge is 2.41. The van der Waals surface area contributed by atoms with Gasteiger partial charge < -0.3 is 15.0 Å². The zero-order valence-corrected chi connectivity index (χ0v) is 14.6. The molecule has 2 amide bonds. The van der Waals surface area contributed by atoms with Gasteiger partial charge in [0, 0.05) is 25.6 Å². The molecule has 1 heterocycles. The summed E-state index contributed by atoms with van der Waals surface area (Å²) in [5.41, 5.74) is 0.968. The Morgan fingerprint density at radius 2 is 1.85 bits per heavy atom. The number of carbonyl (C=O) groups is 2. The molecule has 1 atom stereocenters. The summed E-state index contributed by atoms with van der Waals surface area (Å²) in [4.78, 5) is 26.3. The number of hydrogen-bond donors (Lipinski definition) is 1. The maximum Gasteiger partial charge on any atom is 0.225 e. The fraction of sp³-hybridized carbons (Fsp3) is 0.333. The van der Waals surface area contributed by atoms with Gasteiger partial charge in [-0.2, -0.15) is 0 Å². The molecule has 0 aromatic heterocycles. The summed E-state index contributed by atoms with van der Waals surface area (Å²) in [6.07, 6.45) is 2.49. The zero-order valence-electron chi connectivity index (χ0n) is 14.6. The lowest BCUT2D eigenvalue weighted by Gasteiger charge is -2.15. The maximum absolute atomic E-state index is 12.4. The van der Waals surface area contributed by atoms with Crippen molar-refractivity contribution in [3.05, 3.63) is 60.2 Å². The number of hydrogen-bond acceptors (Lipinski definition) is 3. The molecule has 1 saturated heterocycles. The Kier molecular flexibility index (Phi) is 4.61. The van der Waals surface area contributed by atoms with Gasteiger partial charge in [-0.1, -0.05) is 30.3 Å². The molecule has 134 valence electrons. The minimum atomic E-state index is -0.230. The van der Waals surface area contributed by atoms with E-state index >= 15 is 0 Å². The first-order valence-corrected chi connectivity index (χ1v) is 9.08. The highest BCUT2D eigenvalue weighted by atomic mass is 16.5. The molecule has 0 unspecified atom stereocenters. The van der Waals surface area contributed by atoms with Crippen molar-refractivity contribution in [3.8, 4) is 11.5 Å². The van der Waals surface area contributed by atoms with E-state index in [1.807, 2.05) is 59.5 Å². The fourth-order valence-corrected chi connectivity index (χ4v) is 3.32. The summed E-state index contributed by atoms with van der Waals surface area (Å²) < 4.78 is 5.82. The number of para-hydroxylation sites is 1. The van der Waals surface area contributed by atoms with Crippen molar-refractivity contribution < 1.29 is 14.3 Å². The largest absolute Gasteiger partial charge is 0.457 e. The predicted octanol–water partition coefficient (Wildman–Crippen LogP) is 3.11. The third-order valence-corrected chi connectivity index (χ3v) is 4.86. The van der Waals surface area contributed by atoms with Crippen molar-refractivity contribution in [2.45, 2.75) is 31.8 Å². The van der Waals surface area contributed by atoms with Gasteiger partial charge in [0.25, 0.3) is 0 Å². The molecule has 2 fully saturated rings. The van der Waals surface area contributed by atoms with Crippen molar-refractivity contribution in [3.63, 3.8) is 0 Å². The van der Waals surface area contributed by atoms with Crippen molar-refractivity contribution in [2.24, 2.45) is 5.92 Å². The van der Waals surface area contributed by atoms with Gasteiger partial charge in [-0.15, -0.1) is 0 Å². The molecule has 1 aliphatic heterocycles. The normalized spacial score (nSPS) is 19.5. The summed E-state index contributed by atoms with van der Waals surface area (Å²) in [6, 6.07) is 17.6. The van der Waals surface area contributed by atoms with E-state index in [1.165, 1.54) is 0 Å². The number of carbonyl (C=O) groups excluding carboxylic acids is 2. The molecule has 0 spiro atoms. The molecule has 0 bridgehead atoms. The average Bonchev–Trinajstić information content (AvgIpc) is 3.42. The maximum atomic E-state index is 12.4. The molecule has 1 saturated carbocycles. The second-order valence-electron chi connectivity index (χ2n) is 6.96. The van der Waals surface area contributed by atoms with E-state index in [-0.39, 0.29) is 17.7 Å². The van der Waals surface area contributed by atoms with Crippen LogP contribution in [-0.2, 0) is 16.1 Å². The van der Waals surface area contributed by atoms with E-state index in [0.29, 0.717) is 25.6 Å². The standard InChI is InChI=1S/C21H22N2O3/c24-20-12-16(14-23(20)17-9-10-17)21(25)22-13-15-5-4-8-19(11-15)26-18-6-2-1-3-7-18/h1-8,11,16-17H,9-10,12-14H2,(H,22,25)/t16-/m1/s1. The number of likely N-dealkylation sites (tertiary alicyclic amines) is 1. The SMILES string of the molecule is O=C(NCc1cccc(Oc2ccccc2)c1)[C@@H]1CC(=O)N(C2CC2)C1. The number of nitrogens with zero attached hydrogens (tertiary/aromatic N) is 1. The number of benzene rings is 2. The smallest absolute Gasteiger partial charge is 0.225 e. The quantitative estimate of drug-likeness (QED) is 0.871. The Morgan fingerprint density at radius 3 is 2.62 bits per heavy atom. The van der Waals surface area contributed by atoms with Gasteiger partial charge in [0.2, 0.25) is 11.8 Å². The Hall–Kier alpha value is -2.82. The number of ether oxygens (including phenoxy) is 1. The van der Waals surface area contributed by atoms with Gasteiger partial charge in [0.1, 0.15) is 11.5 Å². The Bertz CT molecular complexity index is 802. The van der Waals surface area contributed by atoms with Gasteiger partial charge in [0.15, 0.2) is 0 Å². The second-order valence-corrected chi connectivity index (χ2v) is 6.96. The first kappa shape index (κ1) is 16.6. The van der Waals surface area contributed by atoms with E-state index in [0.717, 1.165) is 29.9 Å². The van der Waals surface area contributed by atoms with Gasteiger partial charge >= 0.3 is 0 Å². The summed E-state index contributed by atoms with van der Waals surface area (Å²) in [5.74, 6) is 1.35. The minimum Gasteiger partial charge on any atom is -0.457 e. The minimum absolute atomic E-state index is 0.0455. The first-order valence-electron chi connectivity index (χ1n) is 9.08. The lowest BCUT2D eigenvalue weighted by Crippen LogP contribution is -2.33. The highest BCUT2D eigenvalue weighted by Crippen LogP contribution is 2.32. The highest BCUT2D eigenvalue weighted by molar-refractivity contribution is 5.89. The molecule has 5 heteroatoms. The summed E-state index contributed by atoms with van der Waals surface area (Å²) >= 11 is 0. The zero-order chi connectivity index (χ0) is 17.9. The summed E-state index contributed by atoms with van der Waals surface area (Å²) in [5, 5.41) is 2.96. The third-order valence-electron chi connectivity index (χ3n) is 4.86. The van der Waals surface area contributed by atoms with Crippen LogP contribution in [0.15, 0.2) is 54.6 Å². The predicted molar refractivity (Wildman–Crippen MR) is 97.6 cm³/mol. The van der Waals surface area contributed by atoms with Crippen LogP contribution in [0.4, 0.5) is 0 Å². The Balaban J connectivity index is 1.32. The second kappa shape index (κ2) is 7.20. The monoisotopic (exact) mass is 350 g/mol. The molecule has 1 aliphatic carbocycles.